The molecule has 5 heteroatoms. The van der Waals surface area contributed by atoms with Crippen molar-refractivity contribution in [1.29, 1.82) is 0 Å². The Bertz CT molecular complexity index is 641. The predicted molar refractivity (Wildman–Crippen MR) is 80.6 cm³/mol. The van der Waals surface area contributed by atoms with Gasteiger partial charge in [0.1, 0.15) is 0 Å². The van der Waals surface area contributed by atoms with E-state index in [2.05, 4.69) is 9.88 Å². The number of carbonyl (C=O) groups is 1. The highest BCUT2D eigenvalue weighted by atomic mass is 16.3. The van der Waals surface area contributed by atoms with Gasteiger partial charge in [0.2, 0.25) is 5.91 Å². The Hall–Kier alpha value is -2.14. The van der Waals surface area contributed by atoms with Crippen molar-refractivity contribution in [2.24, 2.45) is 11.8 Å². The summed E-state index contributed by atoms with van der Waals surface area (Å²) in [7, 11) is 0. The highest BCUT2D eigenvalue weighted by Gasteiger charge is 2.45. The van der Waals surface area contributed by atoms with E-state index in [-0.39, 0.29) is 5.92 Å². The number of aromatic nitrogens is 1. The van der Waals surface area contributed by atoms with Crippen LogP contribution in [0.4, 0.5) is 0 Å². The molecule has 4 heterocycles. The molecule has 2 saturated heterocycles. The molecule has 2 aromatic heterocycles. The van der Waals surface area contributed by atoms with E-state index in [1.54, 1.807) is 24.9 Å². The van der Waals surface area contributed by atoms with Crippen LogP contribution in [0.5, 0.6) is 0 Å². The molecule has 0 saturated carbocycles. The molecule has 2 aliphatic heterocycles. The highest BCUT2D eigenvalue weighted by molar-refractivity contribution is 5.82. The predicted octanol–water partition coefficient (Wildman–Crippen LogP) is 1.77. The molecule has 0 aromatic carbocycles. The molecular weight excluding hydrogens is 278 g/mol. The van der Waals surface area contributed by atoms with Gasteiger partial charge in [-0.15, -0.1) is 0 Å². The third-order valence-corrected chi connectivity index (χ3v) is 4.71. The zero-order chi connectivity index (χ0) is 14.9. The first kappa shape index (κ1) is 13.5. The third-order valence-electron chi connectivity index (χ3n) is 4.71. The summed E-state index contributed by atoms with van der Waals surface area (Å²) in [5.74, 6) is 0.923. The number of likely N-dealkylation sites (tertiary alicyclic amines) is 2. The van der Waals surface area contributed by atoms with E-state index in [0.29, 0.717) is 18.4 Å². The zero-order valence-electron chi connectivity index (χ0n) is 12.4. The summed E-state index contributed by atoms with van der Waals surface area (Å²) in [5, 5.41) is 0. The van der Waals surface area contributed by atoms with Crippen LogP contribution in [0, 0.1) is 11.8 Å². The van der Waals surface area contributed by atoms with Crippen molar-refractivity contribution in [3.63, 3.8) is 0 Å². The van der Waals surface area contributed by atoms with Crippen LogP contribution >= 0.6 is 0 Å². The Morgan fingerprint density at radius 1 is 1.09 bits per heavy atom. The third kappa shape index (κ3) is 2.52. The average Bonchev–Trinajstić information content (AvgIpc) is 3.22. The van der Waals surface area contributed by atoms with Crippen molar-refractivity contribution in [3.8, 4) is 0 Å². The first-order valence-corrected chi connectivity index (χ1v) is 7.71. The Balaban J connectivity index is 1.38. The van der Waals surface area contributed by atoms with Gasteiger partial charge in [-0.25, -0.2) is 0 Å². The van der Waals surface area contributed by atoms with Crippen LogP contribution in [0.2, 0.25) is 0 Å². The van der Waals surface area contributed by atoms with Crippen LogP contribution in [-0.2, 0) is 17.9 Å². The lowest BCUT2D eigenvalue weighted by Crippen LogP contribution is -2.32. The second-order valence-corrected chi connectivity index (χ2v) is 6.27. The topological polar surface area (TPSA) is 49.6 Å². The summed E-state index contributed by atoms with van der Waals surface area (Å²) < 4.78 is 5.12. The van der Waals surface area contributed by atoms with E-state index in [4.69, 9.17) is 4.42 Å². The van der Waals surface area contributed by atoms with Gasteiger partial charge in [-0.2, -0.15) is 0 Å². The number of fused-ring (bicyclic) bond motifs is 1. The molecule has 114 valence electrons. The van der Waals surface area contributed by atoms with Crippen LogP contribution < -0.4 is 0 Å². The summed E-state index contributed by atoms with van der Waals surface area (Å²) >= 11 is 0. The molecule has 5 nitrogen and oxygen atoms in total. The van der Waals surface area contributed by atoms with Gasteiger partial charge in [0.05, 0.1) is 18.4 Å². The van der Waals surface area contributed by atoms with E-state index < -0.39 is 0 Å². The molecular formula is C17H19N3O2. The fourth-order valence-electron chi connectivity index (χ4n) is 3.65. The van der Waals surface area contributed by atoms with E-state index >= 15 is 0 Å². The molecule has 0 radical (unpaired) electrons. The average molecular weight is 297 g/mol. The van der Waals surface area contributed by atoms with Crippen LogP contribution in [0.15, 0.2) is 47.5 Å². The maximum Gasteiger partial charge on any atom is 0.227 e. The molecule has 0 bridgehead atoms. The lowest BCUT2D eigenvalue weighted by atomic mass is 10.0. The molecule has 22 heavy (non-hydrogen) atoms. The Morgan fingerprint density at radius 2 is 1.95 bits per heavy atom. The molecule has 0 spiro atoms. The van der Waals surface area contributed by atoms with E-state index in [0.717, 1.165) is 31.7 Å². The molecule has 0 N–H and O–H groups in total. The SMILES string of the molecule is O=C1[C@H]2CN(Cc3ccoc3)C[C@H]2CN1Cc1ccncc1. The van der Waals surface area contributed by atoms with Crippen molar-refractivity contribution in [1.82, 2.24) is 14.8 Å². The van der Waals surface area contributed by atoms with Gasteiger partial charge in [0.15, 0.2) is 0 Å². The summed E-state index contributed by atoms with van der Waals surface area (Å²) in [5.41, 5.74) is 2.33. The largest absolute Gasteiger partial charge is 0.472 e. The fourth-order valence-corrected chi connectivity index (χ4v) is 3.65. The standard InChI is InChI=1S/C17H19N3O2/c21-17-16-11-19(7-14-3-6-22-12-14)9-15(16)10-20(17)8-13-1-4-18-5-2-13/h1-6,12,15-16H,7-11H2/t15-,16-/m0/s1. The number of hydrogen-bond acceptors (Lipinski definition) is 4. The number of pyridine rings is 1. The van der Waals surface area contributed by atoms with Crippen molar-refractivity contribution in [2.75, 3.05) is 19.6 Å². The van der Waals surface area contributed by atoms with Gasteiger partial charge in [0.25, 0.3) is 0 Å². The molecule has 2 fully saturated rings. The Labute approximate surface area is 129 Å². The van der Waals surface area contributed by atoms with E-state index in [1.165, 1.54) is 5.56 Å². The maximum absolute atomic E-state index is 12.6. The summed E-state index contributed by atoms with van der Waals surface area (Å²) in [6, 6.07) is 5.95. The maximum atomic E-state index is 12.6. The van der Waals surface area contributed by atoms with Crippen LogP contribution in [-0.4, -0.2) is 40.3 Å². The fraction of sp³-hybridized carbons (Fsp3) is 0.412. The zero-order valence-corrected chi connectivity index (χ0v) is 12.4. The number of hydrogen-bond donors (Lipinski definition) is 0. The number of rotatable bonds is 4. The Morgan fingerprint density at radius 3 is 2.68 bits per heavy atom. The van der Waals surface area contributed by atoms with Crippen molar-refractivity contribution in [2.45, 2.75) is 13.1 Å². The van der Waals surface area contributed by atoms with Crippen molar-refractivity contribution in [3.05, 3.63) is 54.2 Å². The molecule has 2 aromatic rings. The van der Waals surface area contributed by atoms with Gasteiger partial charge in [-0.1, -0.05) is 0 Å². The number of nitrogens with zero attached hydrogens (tertiary/aromatic N) is 3. The smallest absolute Gasteiger partial charge is 0.227 e. The number of furan rings is 1. The molecule has 0 aliphatic carbocycles. The van der Waals surface area contributed by atoms with Gasteiger partial charge < -0.3 is 9.32 Å². The van der Waals surface area contributed by atoms with E-state index in [9.17, 15) is 4.79 Å². The van der Waals surface area contributed by atoms with E-state index in [1.807, 2.05) is 23.1 Å². The molecule has 0 unspecified atom stereocenters. The normalized spacial score (nSPS) is 24.9. The summed E-state index contributed by atoms with van der Waals surface area (Å²) in [4.78, 5) is 21.0. The molecule has 2 aliphatic rings. The monoisotopic (exact) mass is 297 g/mol. The highest BCUT2D eigenvalue weighted by Crippen LogP contribution is 2.33. The molecule has 1 amide bonds. The van der Waals surface area contributed by atoms with Gasteiger partial charge in [-0.05, 0) is 23.8 Å². The summed E-state index contributed by atoms with van der Waals surface area (Å²) in [6.45, 7) is 4.31. The second-order valence-electron chi connectivity index (χ2n) is 6.27. The second kappa shape index (κ2) is 5.57. The minimum absolute atomic E-state index is 0.161. The quantitative estimate of drug-likeness (QED) is 0.863. The van der Waals surface area contributed by atoms with Gasteiger partial charge >= 0.3 is 0 Å². The van der Waals surface area contributed by atoms with Gasteiger partial charge in [0, 0.05) is 56.6 Å². The minimum Gasteiger partial charge on any atom is -0.472 e. The first-order chi connectivity index (χ1) is 10.8. The summed E-state index contributed by atoms with van der Waals surface area (Å²) in [6.07, 6.45) is 7.05. The number of amides is 1. The minimum atomic E-state index is 0.161. The van der Waals surface area contributed by atoms with Crippen molar-refractivity contribution < 1.29 is 9.21 Å². The van der Waals surface area contributed by atoms with Crippen LogP contribution in [0.1, 0.15) is 11.1 Å². The van der Waals surface area contributed by atoms with Gasteiger partial charge in [-0.3, -0.25) is 14.7 Å². The number of carbonyl (C=O) groups excluding carboxylic acids is 1. The molecule has 4 rings (SSSR count). The van der Waals surface area contributed by atoms with Crippen LogP contribution in [0.3, 0.4) is 0 Å². The molecule has 2 atom stereocenters. The van der Waals surface area contributed by atoms with Crippen molar-refractivity contribution >= 4 is 5.91 Å². The lowest BCUT2D eigenvalue weighted by Gasteiger charge is -2.21. The lowest BCUT2D eigenvalue weighted by molar-refractivity contribution is -0.131. The Kier molecular flexibility index (Phi) is 3.42. The first-order valence-electron chi connectivity index (χ1n) is 7.71. The van der Waals surface area contributed by atoms with Crippen LogP contribution in [0.25, 0.3) is 0 Å².